The number of nitrogens with one attached hydrogen (secondary N) is 1. The van der Waals surface area contributed by atoms with Gasteiger partial charge < -0.3 is 0 Å². The topological polar surface area (TPSA) is 94.0 Å². The second-order valence-electron chi connectivity index (χ2n) is 4.87. The molecule has 2 heterocycles. The first-order valence-corrected chi connectivity index (χ1v) is 9.74. The van der Waals surface area contributed by atoms with Gasteiger partial charge in [0.05, 0.1) is 3.79 Å². The van der Waals surface area contributed by atoms with E-state index in [0.29, 0.717) is 3.79 Å². The third-order valence-corrected chi connectivity index (χ3v) is 7.11. The van der Waals surface area contributed by atoms with Crippen molar-refractivity contribution >= 4 is 43.2 Å². The van der Waals surface area contributed by atoms with E-state index in [9.17, 15) is 13.2 Å². The standard InChI is InChI=1S/C14H11BrN4O3S2/c1-9-6-12(23-13(9)15)24(21,22)18-14(20)10-2-4-11(5-3-10)19-7-16-17-8-19/h2-8H,1H3,(H,18,20). The molecule has 7 nitrogen and oxygen atoms in total. The van der Waals surface area contributed by atoms with Gasteiger partial charge in [-0.25, -0.2) is 13.1 Å². The fraction of sp³-hybridized carbons (Fsp3) is 0.0714. The molecule has 0 spiro atoms. The second-order valence-corrected chi connectivity index (χ2v) is 9.15. The summed E-state index contributed by atoms with van der Waals surface area (Å²) in [5, 5.41) is 7.40. The number of hydrogen-bond donors (Lipinski definition) is 1. The van der Waals surface area contributed by atoms with Crippen LogP contribution in [0.15, 0.2) is 51.0 Å². The first-order chi connectivity index (χ1) is 11.4. The highest BCUT2D eigenvalue weighted by atomic mass is 79.9. The van der Waals surface area contributed by atoms with Crippen LogP contribution in [0.4, 0.5) is 0 Å². The fourth-order valence-corrected chi connectivity index (χ4v) is 5.11. The van der Waals surface area contributed by atoms with E-state index < -0.39 is 15.9 Å². The Labute approximate surface area is 150 Å². The van der Waals surface area contributed by atoms with Crippen molar-refractivity contribution in [1.82, 2.24) is 19.5 Å². The molecule has 0 atom stereocenters. The molecule has 0 unspecified atom stereocenters. The summed E-state index contributed by atoms with van der Waals surface area (Å²) in [6.45, 7) is 1.78. The van der Waals surface area contributed by atoms with E-state index in [2.05, 4.69) is 30.8 Å². The maximum absolute atomic E-state index is 12.3. The molecule has 0 aliphatic heterocycles. The molecule has 1 N–H and O–H groups in total. The van der Waals surface area contributed by atoms with E-state index in [1.165, 1.54) is 30.9 Å². The summed E-state index contributed by atoms with van der Waals surface area (Å²) in [6.07, 6.45) is 3.05. The zero-order valence-corrected chi connectivity index (χ0v) is 15.5. The molecule has 0 bridgehead atoms. The molecule has 1 amide bonds. The molecule has 3 rings (SSSR count). The van der Waals surface area contributed by atoms with Gasteiger partial charge in [-0.15, -0.1) is 21.5 Å². The van der Waals surface area contributed by atoms with E-state index in [4.69, 9.17) is 0 Å². The van der Waals surface area contributed by atoms with E-state index in [1.807, 2.05) is 0 Å². The summed E-state index contributed by atoms with van der Waals surface area (Å²) in [7, 11) is -3.90. The summed E-state index contributed by atoms with van der Waals surface area (Å²) >= 11 is 4.33. The molecule has 0 saturated heterocycles. The Morgan fingerprint density at radius 3 is 2.38 bits per heavy atom. The number of aromatic nitrogens is 3. The number of sulfonamides is 1. The molecule has 10 heteroatoms. The number of carbonyl (C=O) groups is 1. The third kappa shape index (κ3) is 3.40. The molecule has 0 aliphatic rings. The minimum absolute atomic E-state index is 0.0846. The minimum atomic E-state index is -3.90. The number of thiophene rings is 1. The number of halogens is 1. The van der Waals surface area contributed by atoms with Gasteiger partial charge in [0.25, 0.3) is 15.9 Å². The lowest BCUT2D eigenvalue weighted by atomic mass is 10.2. The minimum Gasteiger partial charge on any atom is -0.288 e. The Morgan fingerprint density at radius 1 is 1.21 bits per heavy atom. The number of rotatable bonds is 4. The van der Waals surface area contributed by atoms with Crippen LogP contribution in [0.25, 0.3) is 5.69 Å². The van der Waals surface area contributed by atoms with Gasteiger partial charge >= 0.3 is 0 Å². The lowest BCUT2D eigenvalue weighted by molar-refractivity contribution is 0.0981. The quantitative estimate of drug-likeness (QED) is 0.691. The van der Waals surface area contributed by atoms with E-state index >= 15 is 0 Å². The molecule has 0 saturated carbocycles. The molecule has 0 radical (unpaired) electrons. The van der Waals surface area contributed by atoms with Crippen LogP contribution in [-0.2, 0) is 10.0 Å². The average molecular weight is 427 g/mol. The predicted molar refractivity (Wildman–Crippen MR) is 92.8 cm³/mol. The van der Waals surface area contributed by atoms with Gasteiger partial charge in [-0.1, -0.05) is 0 Å². The maximum Gasteiger partial charge on any atom is 0.273 e. The van der Waals surface area contributed by atoms with Crippen LogP contribution in [-0.4, -0.2) is 29.1 Å². The van der Waals surface area contributed by atoms with E-state index in [-0.39, 0.29) is 9.77 Å². The fourth-order valence-electron chi connectivity index (χ4n) is 1.91. The molecule has 3 aromatic rings. The predicted octanol–water partition coefficient (Wildman–Crippen LogP) is 2.52. The smallest absolute Gasteiger partial charge is 0.273 e. The van der Waals surface area contributed by atoms with Gasteiger partial charge in [-0.05, 0) is 58.7 Å². The first-order valence-electron chi connectivity index (χ1n) is 6.65. The van der Waals surface area contributed by atoms with Crippen LogP contribution in [0.5, 0.6) is 0 Å². The summed E-state index contributed by atoms with van der Waals surface area (Å²) in [6, 6.07) is 7.94. The highest BCUT2D eigenvalue weighted by Gasteiger charge is 2.21. The first kappa shape index (κ1) is 16.8. The highest BCUT2D eigenvalue weighted by Crippen LogP contribution is 2.30. The molecule has 2 aromatic heterocycles. The number of carbonyl (C=O) groups excluding carboxylic acids is 1. The van der Waals surface area contributed by atoms with E-state index in [0.717, 1.165) is 22.6 Å². The lowest BCUT2D eigenvalue weighted by Crippen LogP contribution is -2.30. The van der Waals surface area contributed by atoms with Crippen LogP contribution < -0.4 is 4.72 Å². The van der Waals surface area contributed by atoms with E-state index in [1.54, 1.807) is 23.6 Å². The number of nitrogens with zero attached hydrogens (tertiary/aromatic N) is 3. The zero-order valence-electron chi connectivity index (χ0n) is 12.3. The third-order valence-electron chi connectivity index (χ3n) is 3.17. The monoisotopic (exact) mass is 426 g/mol. The molecule has 1 aromatic carbocycles. The van der Waals surface area contributed by atoms with Crippen LogP contribution >= 0.6 is 27.3 Å². The summed E-state index contributed by atoms with van der Waals surface area (Å²) < 4.78 is 29.1. The molecular weight excluding hydrogens is 416 g/mol. The van der Waals surface area contributed by atoms with Gasteiger partial charge in [0.2, 0.25) is 0 Å². The molecule has 0 aliphatic carbocycles. The summed E-state index contributed by atoms with van der Waals surface area (Å²) in [5.74, 6) is -0.688. The number of hydrogen-bond acceptors (Lipinski definition) is 6. The Kier molecular flexibility index (Phi) is 4.52. The van der Waals surface area contributed by atoms with Crippen molar-refractivity contribution in [2.45, 2.75) is 11.1 Å². The van der Waals surface area contributed by atoms with Gasteiger partial charge in [0.15, 0.2) is 0 Å². The Morgan fingerprint density at radius 2 is 1.83 bits per heavy atom. The summed E-state index contributed by atoms with van der Waals surface area (Å²) in [4.78, 5) is 12.2. The molecular formula is C14H11BrN4O3S2. The Hall–Kier alpha value is -2.04. The average Bonchev–Trinajstić information content (AvgIpc) is 3.18. The normalized spacial score (nSPS) is 11.4. The van der Waals surface area contributed by atoms with Crippen molar-refractivity contribution < 1.29 is 13.2 Å². The number of benzene rings is 1. The van der Waals surface area contributed by atoms with Gasteiger partial charge in [0.1, 0.15) is 16.9 Å². The van der Waals surface area contributed by atoms with Crippen molar-refractivity contribution in [1.29, 1.82) is 0 Å². The van der Waals surface area contributed by atoms with Crippen LogP contribution in [0.2, 0.25) is 0 Å². The number of amides is 1. The highest BCUT2D eigenvalue weighted by molar-refractivity contribution is 9.11. The van der Waals surface area contributed by atoms with Gasteiger partial charge in [-0.3, -0.25) is 9.36 Å². The second kappa shape index (κ2) is 6.46. The molecule has 24 heavy (non-hydrogen) atoms. The van der Waals surface area contributed by atoms with Crippen molar-refractivity contribution in [3.8, 4) is 5.69 Å². The Bertz CT molecular complexity index is 960. The van der Waals surface area contributed by atoms with Crippen molar-refractivity contribution in [2.24, 2.45) is 0 Å². The van der Waals surface area contributed by atoms with Crippen LogP contribution in [0, 0.1) is 6.92 Å². The molecule has 0 fully saturated rings. The molecule has 124 valence electrons. The van der Waals surface area contributed by atoms with Crippen LogP contribution in [0.1, 0.15) is 15.9 Å². The lowest BCUT2D eigenvalue weighted by Gasteiger charge is -2.06. The largest absolute Gasteiger partial charge is 0.288 e. The van der Waals surface area contributed by atoms with Crippen molar-refractivity contribution in [3.05, 3.63) is 57.9 Å². The van der Waals surface area contributed by atoms with Crippen molar-refractivity contribution in [3.63, 3.8) is 0 Å². The summed E-state index contributed by atoms with van der Waals surface area (Å²) in [5.41, 5.74) is 1.80. The zero-order chi connectivity index (χ0) is 17.3. The van der Waals surface area contributed by atoms with Gasteiger partial charge in [0, 0.05) is 11.3 Å². The van der Waals surface area contributed by atoms with Crippen LogP contribution in [0.3, 0.4) is 0 Å². The number of aryl methyl sites for hydroxylation is 1. The maximum atomic E-state index is 12.3. The Balaban J connectivity index is 1.79. The van der Waals surface area contributed by atoms with Gasteiger partial charge in [-0.2, -0.15) is 0 Å². The van der Waals surface area contributed by atoms with Crippen molar-refractivity contribution in [2.75, 3.05) is 0 Å². The SMILES string of the molecule is Cc1cc(S(=O)(=O)NC(=O)c2ccc(-n3cnnc3)cc2)sc1Br.